The highest BCUT2D eigenvalue weighted by Crippen LogP contribution is 2.27. The second kappa shape index (κ2) is 7.86. The van der Waals surface area contributed by atoms with E-state index in [4.69, 9.17) is 4.74 Å². The van der Waals surface area contributed by atoms with Crippen molar-refractivity contribution >= 4 is 23.2 Å². The van der Waals surface area contributed by atoms with Crippen LogP contribution in [0, 0.1) is 20.8 Å². The minimum atomic E-state index is -0.292. The first-order valence-corrected chi connectivity index (χ1v) is 8.59. The second-order valence-corrected chi connectivity index (χ2v) is 6.35. The molecule has 6 nitrogen and oxygen atoms in total. The lowest BCUT2D eigenvalue weighted by atomic mass is 10.1. The van der Waals surface area contributed by atoms with Crippen LogP contribution in [-0.4, -0.2) is 23.0 Å². The van der Waals surface area contributed by atoms with Crippen molar-refractivity contribution in [1.29, 1.82) is 0 Å². The van der Waals surface area contributed by atoms with Gasteiger partial charge in [-0.1, -0.05) is 12.1 Å². The molecule has 1 aromatic heterocycles. The topological polar surface area (TPSA) is 76.1 Å². The van der Waals surface area contributed by atoms with Crippen molar-refractivity contribution in [3.8, 4) is 5.75 Å². The monoisotopic (exact) mass is 362 g/mol. The predicted octanol–water partition coefficient (Wildman–Crippen LogP) is 4.41. The number of carbonyl (C=O) groups is 1. The van der Waals surface area contributed by atoms with Crippen LogP contribution in [0.1, 0.15) is 27.2 Å². The van der Waals surface area contributed by atoms with E-state index in [1.54, 1.807) is 19.4 Å². The normalized spacial score (nSPS) is 10.4. The molecule has 0 unspecified atom stereocenters. The Morgan fingerprint density at radius 2 is 1.81 bits per heavy atom. The molecule has 138 valence electrons. The SMILES string of the molecule is COc1ccc(C)cc1Nc1nccc(C(=O)Nc2ccc(C)c(C)c2)n1. The molecule has 1 amide bonds. The van der Waals surface area contributed by atoms with Gasteiger partial charge in [0.25, 0.3) is 5.91 Å². The third-order valence-corrected chi connectivity index (χ3v) is 4.25. The van der Waals surface area contributed by atoms with E-state index < -0.39 is 0 Å². The molecule has 0 saturated carbocycles. The third kappa shape index (κ3) is 4.41. The zero-order chi connectivity index (χ0) is 19.4. The van der Waals surface area contributed by atoms with E-state index in [0.29, 0.717) is 11.7 Å². The molecule has 0 saturated heterocycles. The number of benzene rings is 2. The second-order valence-electron chi connectivity index (χ2n) is 6.35. The van der Waals surface area contributed by atoms with Gasteiger partial charge in [0.1, 0.15) is 11.4 Å². The molecule has 3 aromatic rings. The molecule has 0 fully saturated rings. The molecule has 1 heterocycles. The highest BCUT2D eigenvalue weighted by Gasteiger charge is 2.11. The van der Waals surface area contributed by atoms with Crippen LogP contribution in [0.4, 0.5) is 17.3 Å². The zero-order valence-corrected chi connectivity index (χ0v) is 15.8. The lowest BCUT2D eigenvalue weighted by Crippen LogP contribution is -2.15. The van der Waals surface area contributed by atoms with Gasteiger partial charge < -0.3 is 15.4 Å². The van der Waals surface area contributed by atoms with Gasteiger partial charge in [-0.2, -0.15) is 0 Å². The highest BCUT2D eigenvalue weighted by atomic mass is 16.5. The van der Waals surface area contributed by atoms with E-state index >= 15 is 0 Å². The van der Waals surface area contributed by atoms with Gasteiger partial charge >= 0.3 is 0 Å². The summed E-state index contributed by atoms with van der Waals surface area (Å²) in [6.07, 6.45) is 1.55. The van der Waals surface area contributed by atoms with Gasteiger partial charge in [0.2, 0.25) is 5.95 Å². The highest BCUT2D eigenvalue weighted by molar-refractivity contribution is 6.03. The minimum Gasteiger partial charge on any atom is -0.495 e. The molecular formula is C21H22N4O2. The summed E-state index contributed by atoms with van der Waals surface area (Å²) in [5.41, 5.74) is 5.11. The molecule has 0 aliphatic carbocycles. The van der Waals surface area contributed by atoms with E-state index in [1.165, 1.54) is 5.56 Å². The average molecular weight is 362 g/mol. The standard InChI is InChI=1S/C21H22N4O2/c1-13-5-8-19(27-4)18(11-13)25-21-22-10-9-17(24-21)20(26)23-16-7-6-14(2)15(3)12-16/h5-12H,1-4H3,(H,23,26)(H,22,24,25). The smallest absolute Gasteiger partial charge is 0.274 e. The number of aryl methyl sites for hydroxylation is 3. The van der Waals surface area contributed by atoms with Crippen LogP contribution < -0.4 is 15.4 Å². The Morgan fingerprint density at radius 3 is 2.56 bits per heavy atom. The van der Waals surface area contributed by atoms with Gasteiger partial charge in [0, 0.05) is 11.9 Å². The van der Waals surface area contributed by atoms with E-state index in [-0.39, 0.29) is 11.6 Å². The summed E-state index contributed by atoms with van der Waals surface area (Å²) >= 11 is 0. The summed E-state index contributed by atoms with van der Waals surface area (Å²) in [6, 6.07) is 13.1. The van der Waals surface area contributed by atoms with Crippen LogP contribution in [-0.2, 0) is 0 Å². The summed E-state index contributed by atoms with van der Waals surface area (Å²) in [5, 5.41) is 5.98. The number of aromatic nitrogens is 2. The molecule has 0 atom stereocenters. The number of carbonyl (C=O) groups excluding carboxylic acids is 1. The maximum Gasteiger partial charge on any atom is 0.274 e. The van der Waals surface area contributed by atoms with Gasteiger partial charge in [0.15, 0.2) is 0 Å². The number of hydrogen-bond acceptors (Lipinski definition) is 5. The quantitative estimate of drug-likeness (QED) is 0.703. The van der Waals surface area contributed by atoms with Crippen molar-refractivity contribution in [3.05, 3.63) is 71.0 Å². The Labute approximate surface area is 158 Å². The van der Waals surface area contributed by atoms with Crippen LogP contribution >= 0.6 is 0 Å². The molecule has 6 heteroatoms. The van der Waals surface area contributed by atoms with Gasteiger partial charge in [-0.15, -0.1) is 0 Å². The largest absolute Gasteiger partial charge is 0.495 e. The Balaban J connectivity index is 1.80. The van der Waals surface area contributed by atoms with Gasteiger partial charge in [-0.25, -0.2) is 9.97 Å². The Bertz CT molecular complexity index is 986. The summed E-state index contributed by atoms with van der Waals surface area (Å²) in [5.74, 6) is 0.709. The summed E-state index contributed by atoms with van der Waals surface area (Å²) < 4.78 is 5.35. The first-order valence-electron chi connectivity index (χ1n) is 8.59. The number of ether oxygens (including phenoxy) is 1. The van der Waals surface area contributed by atoms with Crippen molar-refractivity contribution in [3.63, 3.8) is 0 Å². The summed E-state index contributed by atoms with van der Waals surface area (Å²) in [6.45, 7) is 6.02. The van der Waals surface area contributed by atoms with E-state index in [0.717, 1.165) is 22.5 Å². The van der Waals surface area contributed by atoms with Crippen LogP contribution in [0.25, 0.3) is 0 Å². The molecule has 0 aliphatic rings. The van der Waals surface area contributed by atoms with Crippen molar-refractivity contribution in [2.24, 2.45) is 0 Å². The summed E-state index contributed by atoms with van der Waals surface area (Å²) in [7, 11) is 1.60. The average Bonchev–Trinajstić information content (AvgIpc) is 2.65. The maximum absolute atomic E-state index is 12.5. The van der Waals surface area contributed by atoms with Crippen LogP contribution in [0.2, 0.25) is 0 Å². The number of rotatable bonds is 5. The van der Waals surface area contributed by atoms with Crippen molar-refractivity contribution in [2.45, 2.75) is 20.8 Å². The van der Waals surface area contributed by atoms with E-state index in [2.05, 4.69) is 20.6 Å². The lowest BCUT2D eigenvalue weighted by molar-refractivity contribution is 0.102. The fourth-order valence-corrected chi connectivity index (χ4v) is 2.60. The number of methoxy groups -OCH3 is 1. The molecule has 0 radical (unpaired) electrons. The Morgan fingerprint density at radius 1 is 1.00 bits per heavy atom. The molecule has 27 heavy (non-hydrogen) atoms. The molecule has 2 aromatic carbocycles. The number of amides is 1. The minimum absolute atomic E-state index is 0.275. The van der Waals surface area contributed by atoms with Crippen LogP contribution in [0.15, 0.2) is 48.7 Å². The molecule has 0 aliphatic heterocycles. The third-order valence-electron chi connectivity index (χ3n) is 4.25. The van der Waals surface area contributed by atoms with Crippen LogP contribution in [0.3, 0.4) is 0 Å². The molecule has 0 spiro atoms. The first kappa shape index (κ1) is 18.4. The van der Waals surface area contributed by atoms with Crippen molar-refractivity contribution in [1.82, 2.24) is 9.97 Å². The number of anilines is 3. The first-order chi connectivity index (χ1) is 13.0. The number of hydrogen-bond donors (Lipinski definition) is 2. The predicted molar refractivity (Wildman–Crippen MR) is 107 cm³/mol. The van der Waals surface area contributed by atoms with Crippen molar-refractivity contribution in [2.75, 3.05) is 17.7 Å². The Hall–Kier alpha value is -3.41. The van der Waals surface area contributed by atoms with Crippen LogP contribution in [0.5, 0.6) is 5.75 Å². The van der Waals surface area contributed by atoms with Gasteiger partial charge in [-0.05, 0) is 67.8 Å². The lowest BCUT2D eigenvalue weighted by Gasteiger charge is -2.11. The fraction of sp³-hybridized carbons (Fsp3) is 0.190. The van der Waals surface area contributed by atoms with E-state index in [1.807, 2.05) is 57.2 Å². The Kier molecular flexibility index (Phi) is 5.35. The zero-order valence-electron chi connectivity index (χ0n) is 15.8. The molecule has 0 bridgehead atoms. The molecule has 3 rings (SSSR count). The van der Waals surface area contributed by atoms with Crippen molar-refractivity contribution < 1.29 is 9.53 Å². The molecule has 2 N–H and O–H groups in total. The fourth-order valence-electron chi connectivity index (χ4n) is 2.60. The summed E-state index contributed by atoms with van der Waals surface area (Å²) in [4.78, 5) is 21.1. The number of nitrogens with zero attached hydrogens (tertiary/aromatic N) is 2. The van der Waals surface area contributed by atoms with Gasteiger partial charge in [0.05, 0.1) is 12.8 Å². The number of nitrogens with one attached hydrogen (secondary N) is 2. The van der Waals surface area contributed by atoms with Gasteiger partial charge in [-0.3, -0.25) is 4.79 Å². The molecular weight excluding hydrogens is 340 g/mol. The maximum atomic E-state index is 12.5. The van der Waals surface area contributed by atoms with E-state index in [9.17, 15) is 4.79 Å².